The minimum atomic E-state index is 0.719. The zero-order valence-electron chi connectivity index (χ0n) is 13.3. The number of aromatic nitrogens is 3. The molecule has 1 aromatic heterocycles. The Labute approximate surface area is 153 Å². The number of hydrogen-bond acceptors (Lipinski definition) is 5. The van der Waals surface area contributed by atoms with E-state index in [1.807, 2.05) is 41.0 Å². The third-order valence-corrected chi connectivity index (χ3v) is 4.95. The van der Waals surface area contributed by atoms with E-state index in [0.29, 0.717) is 0 Å². The molecule has 3 aromatic rings. The van der Waals surface area contributed by atoms with Gasteiger partial charge in [0.05, 0.1) is 19.9 Å². The number of halogens is 1. The lowest BCUT2D eigenvalue weighted by Crippen LogP contribution is -1.99. The topological polar surface area (TPSA) is 49.2 Å². The van der Waals surface area contributed by atoms with Gasteiger partial charge in [-0.15, -0.1) is 10.2 Å². The molecule has 5 nitrogen and oxygen atoms in total. The van der Waals surface area contributed by atoms with Crippen LogP contribution in [0.4, 0.5) is 0 Å². The number of hydrogen-bond donors (Lipinski definition) is 0. The number of rotatable bonds is 6. The fraction of sp³-hybridized carbons (Fsp3) is 0.176. The Hall–Kier alpha value is -1.99. The summed E-state index contributed by atoms with van der Waals surface area (Å²) in [5.41, 5.74) is 2.00. The highest BCUT2D eigenvalue weighted by Crippen LogP contribution is 2.31. The van der Waals surface area contributed by atoms with Gasteiger partial charge in [0.1, 0.15) is 17.8 Å². The zero-order valence-corrected chi connectivity index (χ0v) is 15.7. The molecule has 24 heavy (non-hydrogen) atoms. The molecule has 0 unspecified atom stereocenters. The maximum absolute atomic E-state index is 5.43. The number of para-hydroxylation sites is 2. The van der Waals surface area contributed by atoms with Crippen LogP contribution in [0, 0.1) is 0 Å². The Balaban J connectivity index is 1.86. The molecule has 124 valence electrons. The molecule has 1 heterocycles. The van der Waals surface area contributed by atoms with Crippen molar-refractivity contribution in [3.05, 3.63) is 58.8 Å². The molecule has 0 fully saturated rings. The largest absolute Gasteiger partial charge is 0.496 e. The van der Waals surface area contributed by atoms with E-state index in [9.17, 15) is 0 Å². The predicted molar refractivity (Wildman–Crippen MR) is 98.2 cm³/mol. The SMILES string of the molecule is COc1ccc(Br)cc1CSc1nncn1-c1ccccc1OC. The number of methoxy groups -OCH3 is 2. The van der Waals surface area contributed by atoms with E-state index >= 15 is 0 Å². The first-order chi connectivity index (χ1) is 11.7. The molecule has 0 saturated heterocycles. The second-order valence-corrected chi connectivity index (χ2v) is 6.76. The van der Waals surface area contributed by atoms with E-state index in [2.05, 4.69) is 32.2 Å². The van der Waals surface area contributed by atoms with Crippen LogP contribution in [0.5, 0.6) is 11.5 Å². The zero-order chi connectivity index (χ0) is 16.9. The molecule has 0 amide bonds. The van der Waals surface area contributed by atoms with Crippen molar-refractivity contribution in [3.63, 3.8) is 0 Å². The van der Waals surface area contributed by atoms with Gasteiger partial charge in [0.25, 0.3) is 0 Å². The molecule has 3 rings (SSSR count). The van der Waals surface area contributed by atoms with Gasteiger partial charge in [0, 0.05) is 15.8 Å². The summed E-state index contributed by atoms with van der Waals surface area (Å²) >= 11 is 5.09. The normalized spacial score (nSPS) is 10.6. The van der Waals surface area contributed by atoms with Gasteiger partial charge in [0.15, 0.2) is 5.16 Å². The third-order valence-electron chi connectivity index (χ3n) is 3.46. The Morgan fingerprint density at radius 1 is 1.08 bits per heavy atom. The van der Waals surface area contributed by atoms with Gasteiger partial charge >= 0.3 is 0 Å². The molecule has 0 spiro atoms. The van der Waals surface area contributed by atoms with E-state index in [0.717, 1.165) is 38.1 Å². The van der Waals surface area contributed by atoms with Crippen molar-refractivity contribution in [2.45, 2.75) is 10.9 Å². The van der Waals surface area contributed by atoms with E-state index in [1.165, 1.54) is 0 Å². The average molecular weight is 406 g/mol. The predicted octanol–water partition coefficient (Wildman–Crippen LogP) is 4.34. The quantitative estimate of drug-likeness (QED) is 0.570. The van der Waals surface area contributed by atoms with Gasteiger partial charge in [-0.1, -0.05) is 39.8 Å². The van der Waals surface area contributed by atoms with Crippen molar-refractivity contribution in [2.75, 3.05) is 14.2 Å². The van der Waals surface area contributed by atoms with Crippen molar-refractivity contribution in [2.24, 2.45) is 0 Å². The Morgan fingerprint density at radius 2 is 1.88 bits per heavy atom. The molecule has 0 saturated carbocycles. The molecule has 0 radical (unpaired) electrons. The highest BCUT2D eigenvalue weighted by atomic mass is 79.9. The first kappa shape index (κ1) is 16.9. The van der Waals surface area contributed by atoms with Crippen molar-refractivity contribution in [1.29, 1.82) is 0 Å². The summed E-state index contributed by atoms with van der Waals surface area (Å²) in [6.07, 6.45) is 1.69. The lowest BCUT2D eigenvalue weighted by atomic mass is 10.2. The van der Waals surface area contributed by atoms with Crippen LogP contribution in [0.2, 0.25) is 0 Å². The van der Waals surface area contributed by atoms with E-state index < -0.39 is 0 Å². The maximum atomic E-state index is 5.43. The molecular weight excluding hydrogens is 390 g/mol. The summed E-state index contributed by atoms with van der Waals surface area (Å²) in [5.74, 6) is 2.35. The van der Waals surface area contributed by atoms with E-state index in [-0.39, 0.29) is 0 Å². The fourth-order valence-electron chi connectivity index (χ4n) is 2.32. The van der Waals surface area contributed by atoms with Gasteiger partial charge < -0.3 is 9.47 Å². The van der Waals surface area contributed by atoms with Crippen LogP contribution in [0.3, 0.4) is 0 Å². The molecular formula is C17H16BrN3O2S. The van der Waals surface area contributed by atoms with Crippen LogP contribution < -0.4 is 9.47 Å². The van der Waals surface area contributed by atoms with Gasteiger partial charge in [0.2, 0.25) is 0 Å². The van der Waals surface area contributed by atoms with Crippen LogP contribution in [0.15, 0.2) is 58.4 Å². The molecule has 2 aromatic carbocycles. The van der Waals surface area contributed by atoms with Crippen LogP contribution >= 0.6 is 27.7 Å². The Morgan fingerprint density at radius 3 is 2.67 bits per heavy atom. The van der Waals surface area contributed by atoms with Crippen molar-refractivity contribution in [1.82, 2.24) is 14.8 Å². The van der Waals surface area contributed by atoms with Crippen molar-refractivity contribution in [3.8, 4) is 17.2 Å². The van der Waals surface area contributed by atoms with Crippen molar-refractivity contribution < 1.29 is 9.47 Å². The Bertz CT molecular complexity index is 838. The number of thioether (sulfide) groups is 1. The summed E-state index contributed by atoms with van der Waals surface area (Å²) in [7, 11) is 3.33. The van der Waals surface area contributed by atoms with Gasteiger partial charge in [-0.3, -0.25) is 4.57 Å². The highest BCUT2D eigenvalue weighted by molar-refractivity contribution is 9.10. The van der Waals surface area contributed by atoms with Gasteiger partial charge in [-0.25, -0.2) is 0 Å². The Kier molecular flexibility index (Phi) is 5.42. The van der Waals surface area contributed by atoms with Crippen LogP contribution in [0.1, 0.15) is 5.56 Å². The van der Waals surface area contributed by atoms with Gasteiger partial charge in [-0.05, 0) is 30.3 Å². The highest BCUT2D eigenvalue weighted by Gasteiger charge is 2.13. The first-order valence-electron chi connectivity index (χ1n) is 7.21. The molecule has 0 atom stereocenters. The smallest absolute Gasteiger partial charge is 0.196 e. The minimum absolute atomic E-state index is 0.719. The molecule has 0 N–H and O–H groups in total. The lowest BCUT2D eigenvalue weighted by Gasteiger charge is -2.11. The maximum Gasteiger partial charge on any atom is 0.196 e. The lowest BCUT2D eigenvalue weighted by molar-refractivity contribution is 0.411. The summed E-state index contributed by atoms with van der Waals surface area (Å²) in [5, 5.41) is 9.06. The summed E-state index contributed by atoms with van der Waals surface area (Å²) in [6.45, 7) is 0. The molecule has 0 aliphatic heterocycles. The summed E-state index contributed by atoms with van der Waals surface area (Å²) < 4.78 is 13.8. The van der Waals surface area contributed by atoms with Crippen LogP contribution in [-0.2, 0) is 5.75 Å². The first-order valence-corrected chi connectivity index (χ1v) is 8.99. The van der Waals surface area contributed by atoms with E-state index in [1.54, 1.807) is 32.3 Å². The fourth-order valence-corrected chi connectivity index (χ4v) is 3.63. The molecule has 0 bridgehead atoms. The standard InChI is InChI=1S/C17H16BrN3O2S/c1-22-15-8-7-13(18)9-12(15)10-24-17-20-19-11-21(17)14-5-3-4-6-16(14)23-2/h3-9,11H,10H2,1-2H3. The van der Waals surface area contributed by atoms with Gasteiger partial charge in [-0.2, -0.15) is 0 Å². The number of benzene rings is 2. The molecule has 0 aliphatic rings. The van der Waals surface area contributed by atoms with E-state index in [4.69, 9.17) is 9.47 Å². The second kappa shape index (κ2) is 7.72. The average Bonchev–Trinajstić information content (AvgIpc) is 3.08. The number of ether oxygens (including phenoxy) is 2. The second-order valence-electron chi connectivity index (χ2n) is 4.90. The molecule has 0 aliphatic carbocycles. The number of nitrogens with zero attached hydrogens (tertiary/aromatic N) is 3. The molecule has 7 heteroatoms. The summed E-state index contributed by atoms with van der Waals surface area (Å²) in [6, 6.07) is 13.8. The van der Waals surface area contributed by atoms with Crippen molar-refractivity contribution >= 4 is 27.7 Å². The minimum Gasteiger partial charge on any atom is -0.496 e. The van der Waals surface area contributed by atoms with Crippen LogP contribution in [-0.4, -0.2) is 29.0 Å². The summed E-state index contributed by atoms with van der Waals surface area (Å²) in [4.78, 5) is 0. The monoisotopic (exact) mass is 405 g/mol. The van der Waals surface area contributed by atoms with Crippen LogP contribution in [0.25, 0.3) is 5.69 Å². The third kappa shape index (κ3) is 3.57.